The van der Waals surface area contributed by atoms with E-state index >= 15 is 0 Å². The van der Waals surface area contributed by atoms with Crippen molar-refractivity contribution in [3.63, 3.8) is 0 Å². The van der Waals surface area contributed by atoms with Gasteiger partial charge in [0, 0.05) is 12.1 Å². The molecule has 2 aromatic carbocycles. The number of carbonyl (C=O) groups is 3. The maximum absolute atomic E-state index is 12.8. The van der Waals surface area contributed by atoms with Gasteiger partial charge in [0.2, 0.25) is 0 Å². The number of nitrogens with zero attached hydrogens (tertiary/aromatic N) is 2. The second-order valence-electron chi connectivity index (χ2n) is 6.41. The molecule has 0 aliphatic carbocycles. The molecule has 0 radical (unpaired) electrons. The number of carboxylic acid groups (broad SMARTS) is 1. The molecule has 0 saturated carbocycles. The third-order valence-corrected chi connectivity index (χ3v) is 5.96. The Labute approximate surface area is 199 Å². The highest BCUT2D eigenvalue weighted by molar-refractivity contribution is 14.1. The number of non-ortho nitro benzene ring substituents is 1. The Morgan fingerprint density at radius 3 is 2.56 bits per heavy atom. The summed E-state index contributed by atoms with van der Waals surface area (Å²) < 4.78 is 11.1. The van der Waals surface area contributed by atoms with Crippen LogP contribution in [0, 0.1) is 13.7 Å². The molecule has 32 heavy (non-hydrogen) atoms. The van der Waals surface area contributed by atoms with Crippen molar-refractivity contribution >= 4 is 63.2 Å². The van der Waals surface area contributed by atoms with Crippen LogP contribution in [0.2, 0.25) is 0 Å². The maximum Gasteiger partial charge on any atom is 0.341 e. The van der Waals surface area contributed by atoms with Gasteiger partial charge in [0.15, 0.2) is 18.1 Å². The van der Waals surface area contributed by atoms with Crippen LogP contribution in [-0.2, 0) is 16.1 Å². The van der Waals surface area contributed by atoms with E-state index in [1.54, 1.807) is 12.1 Å². The first-order valence-corrected chi connectivity index (χ1v) is 10.8. The molecule has 10 nitrogen and oxygen atoms in total. The number of ether oxygens (including phenoxy) is 2. The second-order valence-corrected chi connectivity index (χ2v) is 8.56. The van der Waals surface area contributed by atoms with Gasteiger partial charge in [0.1, 0.15) is 0 Å². The van der Waals surface area contributed by atoms with Gasteiger partial charge in [-0.25, -0.2) is 4.79 Å². The van der Waals surface area contributed by atoms with Crippen LogP contribution in [-0.4, -0.2) is 45.8 Å². The van der Waals surface area contributed by atoms with E-state index in [0.29, 0.717) is 14.7 Å². The van der Waals surface area contributed by atoms with E-state index in [1.807, 2.05) is 22.6 Å². The number of hydrogen-bond acceptors (Lipinski definition) is 8. The lowest BCUT2D eigenvalue weighted by Crippen LogP contribution is -2.27. The quantitative estimate of drug-likeness (QED) is 0.217. The minimum atomic E-state index is -1.13. The van der Waals surface area contributed by atoms with E-state index in [1.165, 1.54) is 37.5 Å². The third-order valence-electron chi connectivity index (χ3n) is 4.25. The molecule has 0 atom stereocenters. The highest BCUT2D eigenvalue weighted by atomic mass is 127. The van der Waals surface area contributed by atoms with Crippen molar-refractivity contribution in [3.8, 4) is 11.5 Å². The lowest BCUT2D eigenvalue weighted by atomic mass is 10.1. The molecule has 166 valence electrons. The molecule has 1 saturated heterocycles. The zero-order valence-electron chi connectivity index (χ0n) is 16.4. The molecule has 2 amide bonds. The molecule has 0 spiro atoms. The number of rotatable bonds is 8. The van der Waals surface area contributed by atoms with Crippen LogP contribution in [0.15, 0.2) is 41.3 Å². The number of amides is 2. The Morgan fingerprint density at radius 2 is 1.97 bits per heavy atom. The normalized spacial score (nSPS) is 14.7. The maximum atomic E-state index is 12.8. The predicted octanol–water partition coefficient (Wildman–Crippen LogP) is 3.91. The van der Waals surface area contributed by atoms with Crippen molar-refractivity contribution in [3.05, 3.63) is 66.1 Å². The van der Waals surface area contributed by atoms with Crippen LogP contribution in [0.25, 0.3) is 6.08 Å². The number of methoxy groups -OCH3 is 1. The summed E-state index contributed by atoms with van der Waals surface area (Å²) in [5.74, 6) is -1.07. The Hall–Kier alpha value is -3.13. The molecule has 0 unspecified atom stereocenters. The Morgan fingerprint density at radius 1 is 1.28 bits per heavy atom. The third kappa shape index (κ3) is 5.37. The number of imide groups is 1. The number of carbonyl (C=O) groups excluding carboxylic acids is 2. The van der Waals surface area contributed by atoms with Crippen LogP contribution in [0.1, 0.15) is 11.1 Å². The van der Waals surface area contributed by atoms with Crippen molar-refractivity contribution in [2.45, 2.75) is 6.54 Å². The fourth-order valence-corrected chi connectivity index (χ4v) is 4.41. The SMILES string of the molecule is COc1cc(/C=C2\SC(=O)N(Cc3ccc([N+](=O)[O-])cc3)C2=O)cc(I)c1OCC(=O)O. The van der Waals surface area contributed by atoms with Gasteiger partial charge >= 0.3 is 5.97 Å². The molecule has 1 fully saturated rings. The van der Waals surface area contributed by atoms with Crippen LogP contribution in [0.4, 0.5) is 10.5 Å². The molecule has 1 aliphatic heterocycles. The second kappa shape index (κ2) is 9.99. The van der Waals surface area contributed by atoms with Crippen LogP contribution in [0.5, 0.6) is 11.5 Å². The van der Waals surface area contributed by atoms with Gasteiger partial charge in [-0.05, 0) is 63.7 Å². The van der Waals surface area contributed by atoms with Gasteiger partial charge < -0.3 is 14.6 Å². The zero-order valence-corrected chi connectivity index (χ0v) is 19.4. The number of nitro groups is 1. The van der Waals surface area contributed by atoms with E-state index in [0.717, 1.165) is 16.7 Å². The van der Waals surface area contributed by atoms with E-state index in [9.17, 15) is 24.5 Å². The summed E-state index contributed by atoms with van der Waals surface area (Å²) in [7, 11) is 1.40. The minimum absolute atomic E-state index is 0.0111. The summed E-state index contributed by atoms with van der Waals surface area (Å²) >= 11 is 2.74. The smallest absolute Gasteiger partial charge is 0.341 e. The Kier molecular flexibility index (Phi) is 7.35. The fraction of sp³-hybridized carbons (Fsp3) is 0.150. The molecule has 0 aromatic heterocycles. The average Bonchev–Trinajstić information content (AvgIpc) is 3.00. The average molecular weight is 570 g/mol. The minimum Gasteiger partial charge on any atom is -0.493 e. The summed E-state index contributed by atoms with van der Waals surface area (Å²) in [6.07, 6.45) is 1.53. The molecule has 2 aromatic rings. The summed E-state index contributed by atoms with van der Waals surface area (Å²) in [6, 6.07) is 8.86. The van der Waals surface area contributed by atoms with E-state index in [4.69, 9.17) is 14.6 Å². The van der Waals surface area contributed by atoms with Crippen LogP contribution >= 0.6 is 34.4 Å². The molecule has 3 rings (SSSR count). The topological polar surface area (TPSA) is 136 Å². The van der Waals surface area contributed by atoms with Gasteiger partial charge in [-0.15, -0.1) is 0 Å². The van der Waals surface area contributed by atoms with Crippen molar-refractivity contribution in [2.75, 3.05) is 13.7 Å². The number of thioether (sulfide) groups is 1. The monoisotopic (exact) mass is 570 g/mol. The molecule has 1 N–H and O–H groups in total. The first-order chi connectivity index (χ1) is 15.2. The highest BCUT2D eigenvalue weighted by Gasteiger charge is 2.35. The lowest BCUT2D eigenvalue weighted by Gasteiger charge is -2.13. The van der Waals surface area contributed by atoms with Gasteiger partial charge in [0.25, 0.3) is 16.8 Å². The molecule has 1 heterocycles. The number of benzene rings is 2. The molecule has 0 bridgehead atoms. The predicted molar refractivity (Wildman–Crippen MR) is 123 cm³/mol. The van der Waals surface area contributed by atoms with Crippen molar-refractivity contribution < 1.29 is 33.9 Å². The van der Waals surface area contributed by atoms with Crippen molar-refractivity contribution in [2.24, 2.45) is 0 Å². The van der Waals surface area contributed by atoms with Gasteiger partial charge in [-0.2, -0.15) is 0 Å². The Balaban J connectivity index is 1.81. The standard InChI is InChI=1S/C20H15IN2O8S/c1-30-15-7-12(6-14(21)18(15)31-10-17(24)25)8-16-19(26)22(20(27)32-16)9-11-2-4-13(5-3-11)23(28)29/h2-8H,9-10H2,1H3,(H,24,25)/b16-8-. The van der Waals surface area contributed by atoms with Crippen LogP contribution < -0.4 is 9.47 Å². The van der Waals surface area contributed by atoms with Crippen LogP contribution in [0.3, 0.4) is 0 Å². The zero-order chi connectivity index (χ0) is 23.4. The number of nitro benzene ring substituents is 1. The summed E-state index contributed by atoms with van der Waals surface area (Å²) in [6.45, 7) is -0.546. The van der Waals surface area contributed by atoms with E-state index < -0.39 is 28.6 Å². The lowest BCUT2D eigenvalue weighted by molar-refractivity contribution is -0.384. The first kappa shape index (κ1) is 23.5. The summed E-state index contributed by atoms with van der Waals surface area (Å²) in [4.78, 5) is 47.4. The van der Waals surface area contributed by atoms with Crippen molar-refractivity contribution in [1.29, 1.82) is 0 Å². The summed E-state index contributed by atoms with van der Waals surface area (Å²) in [5, 5.41) is 19.1. The van der Waals surface area contributed by atoms with Gasteiger partial charge in [0.05, 0.1) is 27.1 Å². The largest absolute Gasteiger partial charge is 0.493 e. The first-order valence-electron chi connectivity index (χ1n) is 8.90. The summed E-state index contributed by atoms with van der Waals surface area (Å²) in [5.41, 5.74) is 1.06. The van der Waals surface area contributed by atoms with Gasteiger partial charge in [-0.1, -0.05) is 12.1 Å². The number of hydrogen-bond donors (Lipinski definition) is 1. The molecular formula is C20H15IN2O8S. The highest BCUT2D eigenvalue weighted by Crippen LogP contribution is 2.37. The number of carboxylic acids is 1. The van der Waals surface area contributed by atoms with Gasteiger partial charge in [-0.3, -0.25) is 24.6 Å². The van der Waals surface area contributed by atoms with Crippen molar-refractivity contribution in [1.82, 2.24) is 4.90 Å². The number of halogens is 1. The fourth-order valence-electron chi connectivity index (χ4n) is 2.79. The van der Waals surface area contributed by atoms with E-state index in [-0.39, 0.29) is 28.6 Å². The molecule has 1 aliphatic rings. The molecular weight excluding hydrogens is 555 g/mol. The Bertz CT molecular complexity index is 1130. The number of aliphatic carboxylic acids is 1. The molecule has 12 heteroatoms. The van der Waals surface area contributed by atoms with E-state index in [2.05, 4.69) is 0 Å².